The van der Waals surface area contributed by atoms with Crippen molar-refractivity contribution in [2.24, 2.45) is 5.92 Å². The average molecular weight is 334 g/mol. The minimum atomic E-state index is -0.456. The number of carbonyl (C=O) groups excluding carboxylic acids is 1. The van der Waals surface area contributed by atoms with Crippen molar-refractivity contribution in [1.29, 1.82) is 0 Å². The summed E-state index contributed by atoms with van der Waals surface area (Å²) < 4.78 is 1.13. The standard InChI is InChI=1S/C13H20BrNO2S/c1-9(2)11(16)8-15-13(17)5-3-4-10-6-7-12(14)18-10/h6-7,9,11,16H,3-5,8H2,1-2H3,(H,15,17). The maximum absolute atomic E-state index is 11.5. The molecule has 1 atom stereocenters. The van der Waals surface area contributed by atoms with Crippen LogP contribution in [-0.2, 0) is 11.2 Å². The lowest BCUT2D eigenvalue weighted by molar-refractivity contribution is -0.121. The summed E-state index contributed by atoms with van der Waals surface area (Å²) in [6.45, 7) is 4.22. The van der Waals surface area contributed by atoms with Crippen LogP contribution in [0.4, 0.5) is 0 Å². The lowest BCUT2D eigenvalue weighted by atomic mass is 10.1. The molecule has 102 valence electrons. The van der Waals surface area contributed by atoms with Crippen molar-refractivity contribution in [2.75, 3.05) is 6.54 Å². The molecule has 0 saturated heterocycles. The topological polar surface area (TPSA) is 49.3 Å². The predicted molar refractivity (Wildman–Crippen MR) is 78.8 cm³/mol. The van der Waals surface area contributed by atoms with Gasteiger partial charge in [0.1, 0.15) is 0 Å². The summed E-state index contributed by atoms with van der Waals surface area (Å²) in [4.78, 5) is 12.8. The van der Waals surface area contributed by atoms with Crippen molar-refractivity contribution in [1.82, 2.24) is 5.32 Å². The van der Waals surface area contributed by atoms with Crippen molar-refractivity contribution in [3.8, 4) is 0 Å². The van der Waals surface area contributed by atoms with E-state index in [0.717, 1.165) is 16.6 Å². The second kappa shape index (κ2) is 7.92. The van der Waals surface area contributed by atoms with Crippen LogP contribution in [0.1, 0.15) is 31.6 Å². The van der Waals surface area contributed by atoms with Gasteiger partial charge in [-0.15, -0.1) is 11.3 Å². The van der Waals surface area contributed by atoms with Gasteiger partial charge in [-0.2, -0.15) is 0 Å². The molecule has 3 nitrogen and oxygen atoms in total. The number of thiophene rings is 1. The molecule has 0 aliphatic heterocycles. The van der Waals surface area contributed by atoms with Crippen LogP contribution >= 0.6 is 27.3 Å². The summed E-state index contributed by atoms with van der Waals surface area (Å²) >= 11 is 5.13. The highest BCUT2D eigenvalue weighted by Crippen LogP contribution is 2.23. The Hall–Kier alpha value is -0.390. The van der Waals surface area contributed by atoms with Gasteiger partial charge in [-0.25, -0.2) is 0 Å². The largest absolute Gasteiger partial charge is 0.391 e. The maximum atomic E-state index is 11.5. The Morgan fingerprint density at radius 1 is 1.50 bits per heavy atom. The molecule has 2 N–H and O–H groups in total. The lowest BCUT2D eigenvalue weighted by Crippen LogP contribution is -2.34. The molecule has 1 aromatic heterocycles. The van der Waals surface area contributed by atoms with Crippen LogP contribution in [0.25, 0.3) is 0 Å². The number of aliphatic hydroxyl groups excluding tert-OH is 1. The van der Waals surface area contributed by atoms with Crippen molar-refractivity contribution in [2.45, 2.75) is 39.2 Å². The second-order valence-corrected chi connectivity index (χ2v) is 7.22. The Bertz CT molecular complexity index is 379. The van der Waals surface area contributed by atoms with E-state index in [4.69, 9.17) is 0 Å². The molecule has 0 saturated carbocycles. The van der Waals surface area contributed by atoms with Gasteiger partial charge in [0.15, 0.2) is 0 Å². The van der Waals surface area contributed by atoms with Crippen LogP contribution in [0.2, 0.25) is 0 Å². The lowest BCUT2D eigenvalue weighted by Gasteiger charge is -2.14. The Labute approximate surface area is 121 Å². The highest BCUT2D eigenvalue weighted by Gasteiger charge is 2.10. The highest BCUT2D eigenvalue weighted by molar-refractivity contribution is 9.11. The first kappa shape index (κ1) is 15.7. The first-order valence-corrected chi connectivity index (χ1v) is 7.79. The smallest absolute Gasteiger partial charge is 0.220 e. The van der Waals surface area contributed by atoms with Crippen molar-refractivity contribution in [3.05, 3.63) is 20.8 Å². The van der Waals surface area contributed by atoms with Crippen molar-refractivity contribution in [3.63, 3.8) is 0 Å². The van der Waals surface area contributed by atoms with Gasteiger partial charge in [-0.05, 0) is 46.8 Å². The van der Waals surface area contributed by atoms with Gasteiger partial charge in [0.05, 0.1) is 9.89 Å². The molecule has 0 radical (unpaired) electrons. The number of carbonyl (C=O) groups is 1. The highest BCUT2D eigenvalue weighted by atomic mass is 79.9. The summed E-state index contributed by atoms with van der Waals surface area (Å²) in [5, 5.41) is 12.3. The molecule has 1 unspecified atom stereocenters. The van der Waals surface area contributed by atoms with E-state index >= 15 is 0 Å². The first-order chi connectivity index (χ1) is 8.49. The minimum absolute atomic E-state index is 0.0188. The molecule has 0 aliphatic rings. The van der Waals surface area contributed by atoms with Crippen molar-refractivity contribution >= 4 is 33.2 Å². The van der Waals surface area contributed by atoms with Gasteiger partial charge in [0, 0.05) is 17.8 Å². The Balaban J connectivity index is 2.14. The van der Waals surface area contributed by atoms with E-state index in [0.29, 0.717) is 13.0 Å². The molecule has 1 heterocycles. The molecule has 0 spiro atoms. The Morgan fingerprint density at radius 3 is 2.78 bits per heavy atom. The Morgan fingerprint density at radius 2 is 2.22 bits per heavy atom. The van der Waals surface area contributed by atoms with E-state index in [-0.39, 0.29) is 11.8 Å². The maximum Gasteiger partial charge on any atom is 0.220 e. The molecule has 5 heteroatoms. The van der Waals surface area contributed by atoms with Crippen LogP contribution in [0.15, 0.2) is 15.9 Å². The van der Waals surface area contributed by atoms with Gasteiger partial charge in [0.2, 0.25) is 5.91 Å². The molecule has 0 aliphatic carbocycles. The summed E-state index contributed by atoms with van der Waals surface area (Å²) in [7, 11) is 0. The van der Waals surface area contributed by atoms with Gasteiger partial charge in [-0.1, -0.05) is 13.8 Å². The SMILES string of the molecule is CC(C)C(O)CNC(=O)CCCc1ccc(Br)s1. The van der Waals surface area contributed by atoms with Gasteiger partial charge in [-0.3, -0.25) is 4.79 Å². The molecule has 0 aromatic carbocycles. The van der Waals surface area contributed by atoms with Crippen LogP contribution in [0.3, 0.4) is 0 Å². The molecule has 1 amide bonds. The second-order valence-electron chi connectivity index (χ2n) is 4.67. The monoisotopic (exact) mass is 333 g/mol. The first-order valence-electron chi connectivity index (χ1n) is 6.18. The summed E-state index contributed by atoms with van der Waals surface area (Å²) in [6.07, 6.45) is 1.83. The fourth-order valence-corrected chi connectivity index (χ4v) is 2.98. The van der Waals surface area contributed by atoms with E-state index < -0.39 is 6.10 Å². The number of amides is 1. The molecular formula is C13H20BrNO2S. The molecular weight excluding hydrogens is 314 g/mol. The normalized spacial score (nSPS) is 12.7. The number of halogens is 1. The number of rotatable bonds is 7. The summed E-state index contributed by atoms with van der Waals surface area (Å²) in [6, 6.07) is 4.11. The Kier molecular flexibility index (Phi) is 6.89. The summed E-state index contributed by atoms with van der Waals surface area (Å²) in [5.41, 5.74) is 0. The van der Waals surface area contributed by atoms with E-state index in [1.54, 1.807) is 11.3 Å². The van der Waals surface area contributed by atoms with Crippen LogP contribution in [-0.4, -0.2) is 23.7 Å². The zero-order valence-electron chi connectivity index (χ0n) is 10.8. The number of aliphatic hydroxyl groups is 1. The third kappa shape index (κ3) is 5.98. The van der Waals surface area contributed by atoms with Crippen LogP contribution in [0.5, 0.6) is 0 Å². The fourth-order valence-electron chi connectivity index (χ4n) is 1.45. The van der Waals surface area contributed by atoms with E-state index in [1.165, 1.54) is 4.88 Å². The number of aryl methyl sites for hydroxylation is 1. The predicted octanol–water partition coefficient (Wildman–Crippen LogP) is 2.97. The third-order valence-electron chi connectivity index (χ3n) is 2.73. The van der Waals surface area contributed by atoms with E-state index in [1.807, 2.05) is 19.9 Å². The molecule has 1 rings (SSSR count). The van der Waals surface area contributed by atoms with Crippen LogP contribution < -0.4 is 5.32 Å². The average Bonchev–Trinajstić information content (AvgIpc) is 2.71. The van der Waals surface area contributed by atoms with Gasteiger partial charge >= 0.3 is 0 Å². The van der Waals surface area contributed by atoms with Crippen molar-refractivity contribution < 1.29 is 9.90 Å². The third-order valence-corrected chi connectivity index (χ3v) is 4.42. The molecule has 1 aromatic rings. The molecule has 18 heavy (non-hydrogen) atoms. The quantitative estimate of drug-likeness (QED) is 0.805. The fraction of sp³-hybridized carbons (Fsp3) is 0.615. The van der Waals surface area contributed by atoms with Gasteiger partial charge in [0.25, 0.3) is 0 Å². The number of nitrogens with one attached hydrogen (secondary N) is 1. The summed E-state index contributed by atoms with van der Waals surface area (Å²) in [5.74, 6) is 0.194. The van der Waals surface area contributed by atoms with E-state index in [2.05, 4.69) is 27.3 Å². The zero-order valence-corrected chi connectivity index (χ0v) is 13.2. The molecule has 0 bridgehead atoms. The minimum Gasteiger partial charge on any atom is -0.391 e. The number of hydrogen-bond acceptors (Lipinski definition) is 3. The van der Waals surface area contributed by atoms with E-state index in [9.17, 15) is 9.90 Å². The molecule has 0 fully saturated rings. The zero-order chi connectivity index (χ0) is 13.5. The number of hydrogen-bond donors (Lipinski definition) is 2. The van der Waals surface area contributed by atoms with Gasteiger partial charge < -0.3 is 10.4 Å². The van der Waals surface area contributed by atoms with Crippen LogP contribution in [0, 0.1) is 5.92 Å².